The molecule has 6 nitrogen and oxygen atoms in total. The second-order valence-corrected chi connectivity index (χ2v) is 17.0. The molecule has 0 radical (unpaired) electrons. The minimum atomic E-state index is -0.813. The summed E-state index contributed by atoms with van der Waals surface area (Å²) in [6.45, 7) is 6.22. The van der Waals surface area contributed by atoms with Crippen molar-refractivity contribution in [1.82, 2.24) is 0 Å². The lowest BCUT2D eigenvalue weighted by atomic mass is 10.1. The van der Waals surface area contributed by atoms with Gasteiger partial charge in [0.15, 0.2) is 6.10 Å². The minimum absolute atomic E-state index is 0.110. The minimum Gasteiger partial charge on any atom is -0.462 e. The zero-order valence-electron chi connectivity index (χ0n) is 42.9. The van der Waals surface area contributed by atoms with Gasteiger partial charge < -0.3 is 14.2 Å². The Hall–Kier alpha value is -4.45. The van der Waals surface area contributed by atoms with E-state index >= 15 is 0 Å². The van der Waals surface area contributed by atoms with Gasteiger partial charge in [-0.15, -0.1) is 0 Å². The molecule has 0 aliphatic carbocycles. The summed E-state index contributed by atoms with van der Waals surface area (Å²) in [5, 5.41) is 0. The van der Waals surface area contributed by atoms with Crippen LogP contribution < -0.4 is 0 Å². The average molecular weight is 925 g/mol. The number of rotatable bonds is 46. The first kappa shape index (κ1) is 62.5. The number of unbranched alkanes of at least 4 members (excludes halogenated alkanes) is 13. The quantitative estimate of drug-likeness (QED) is 0.0262. The van der Waals surface area contributed by atoms with E-state index in [1.165, 1.54) is 0 Å². The lowest BCUT2D eigenvalue weighted by molar-refractivity contribution is -0.167. The molecule has 0 heterocycles. The van der Waals surface area contributed by atoms with Gasteiger partial charge in [-0.25, -0.2) is 0 Å². The molecule has 0 bridgehead atoms. The van der Waals surface area contributed by atoms with Gasteiger partial charge in [0, 0.05) is 19.3 Å². The number of carbonyl (C=O) groups is 3. The van der Waals surface area contributed by atoms with Crippen LogP contribution in [0.4, 0.5) is 0 Å². The molecule has 0 fully saturated rings. The van der Waals surface area contributed by atoms with Crippen LogP contribution in [-0.4, -0.2) is 37.2 Å². The molecule has 1 atom stereocenters. The Kier molecular flexibility index (Phi) is 50.6. The van der Waals surface area contributed by atoms with Gasteiger partial charge in [0.05, 0.1) is 0 Å². The lowest BCUT2D eigenvalue weighted by Gasteiger charge is -2.18. The number of esters is 3. The Bertz CT molecular complexity index is 1480. The summed E-state index contributed by atoms with van der Waals surface area (Å²) in [5.74, 6) is -0.983. The summed E-state index contributed by atoms with van der Waals surface area (Å²) in [6, 6.07) is 0. The van der Waals surface area contributed by atoms with Gasteiger partial charge in [0.25, 0.3) is 0 Å². The Morgan fingerprint density at radius 1 is 0.299 bits per heavy atom. The maximum atomic E-state index is 12.8. The third-order valence-corrected chi connectivity index (χ3v) is 10.6. The maximum absolute atomic E-state index is 12.8. The fourth-order valence-electron chi connectivity index (χ4n) is 6.73. The van der Waals surface area contributed by atoms with Crippen LogP contribution in [0.3, 0.4) is 0 Å². The van der Waals surface area contributed by atoms with Crippen LogP contribution in [-0.2, 0) is 28.6 Å². The summed E-state index contributed by atoms with van der Waals surface area (Å²) >= 11 is 0. The van der Waals surface area contributed by atoms with Crippen molar-refractivity contribution in [1.29, 1.82) is 0 Å². The molecule has 376 valence electrons. The Balaban J connectivity index is 4.53. The molecule has 0 rings (SSSR count). The van der Waals surface area contributed by atoms with Gasteiger partial charge in [-0.2, -0.15) is 0 Å². The molecule has 0 aliphatic heterocycles. The van der Waals surface area contributed by atoms with E-state index in [2.05, 4.69) is 154 Å². The van der Waals surface area contributed by atoms with Crippen LogP contribution in [0.5, 0.6) is 0 Å². The molecule has 0 aromatic rings. The molecule has 0 N–H and O–H groups in total. The normalized spacial score (nSPS) is 13.2. The van der Waals surface area contributed by atoms with E-state index in [-0.39, 0.29) is 31.1 Å². The molecule has 0 saturated carbocycles. The molecule has 0 aliphatic rings. The van der Waals surface area contributed by atoms with Gasteiger partial charge in [-0.05, 0) is 128 Å². The first-order valence-corrected chi connectivity index (χ1v) is 26.7. The second-order valence-electron chi connectivity index (χ2n) is 17.0. The summed E-state index contributed by atoms with van der Waals surface area (Å²) in [5.41, 5.74) is 0. The van der Waals surface area contributed by atoms with E-state index in [1.807, 2.05) is 0 Å². The molecule has 0 amide bonds. The van der Waals surface area contributed by atoms with E-state index in [0.717, 1.165) is 173 Å². The number of hydrogen-bond acceptors (Lipinski definition) is 6. The summed E-state index contributed by atoms with van der Waals surface area (Å²) in [7, 11) is 0. The van der Waals surface area contributed by atoms with Crippen LogP contribution in [0.1, 0.15) is 213 Å². The number of allylic oxidation sites excluding steroid dienone is 22. The van der Waals surface area contributed by atoms with Crippen molar-refractivity contribution in [3.63, 3.8) is 0 Å². The molecule has 0 aromatic heterocycles. The molecule has 6 heteroatoms. The molecule has 0 aromatic carbocycles. The fraction of sp³-hybridized carbons (Fsp3) is 0.590. The van der Waals surface area contributed by atoms with Gasteiger partial charge in [-0.3, -0.25) is 14.4 Å². The highest BCUT2D eigenvalue weighted by Crippen LogP contribution is 2.13. The topological polar surface area (TPSA) is 78.9 Å². The highest BCUT2D eigenvalue weighted by molar-refractivity contribution is 5.71. The predicted octanol–water partition coefficient (Wildman–Crippen LogP) is 17.9. The van der Waals surface area contributed by atoms with Gasteiger partial charge in [0.1, 0.15) is 13.2 Å². The third-order valence-electron chi connectivity index (χ3n) is 10.6. The van der Waals surface area contributed by atoms with Gasteiger partial charge >= 0.3 is 17.9 Å². The largest absolute Gasteiger partial charge is 0.462 e. The first-order valence-electron chi connectivity index (χ1n) is 26.7. The number of hydrogen-bond donors (Lipinski definition) is 0. The van der Waals surface area contributed by atoms with E-state index in [9.17, 15) is 14.4 Å². The Labute approximate surface area is 411 Å². The Morgan fingerprint density at radius 2 is 0.537 bits per heavy atom. The summed E-state index contributed by atoms with van der Waals surface area (Å²) in [4.78, 5) is 38.1. The third kappa shape index (κ3) is 52.4. The monoisotopic (exact) mass is 925 g/mol. The number of ether oxygens (including phenoxy) is 3. The van der Waals surface area contributed by atoms with Crippen molar-refractivity contribution < 1.29 is 28.6 Å². The average Bonchev–Trinajstić information content (AvgIpc) is 3.33. The van der Waals surface area contributed by atoms with Crippen molar-refractivity contribution in [2.24, 2.45) is 0 Å². The van der Waals surface area contributed by atoms with E-state index in [1.54, 1.807) is 0 Å². The van der Waals surface area contributed by atoms with Crippen LogP contribution in [0.2, 0.25) is 0 Å². The van der Waals surface area contributed by atoms with E-state index in [4.69, 9.17) is 14.2 Å². The SMILES string of the molecule is CC/C=C\C/C=C\C/C=C\C/C=C\C/C=C\CCCCCC(=O)OCC(COC(=O)CCCCCCC/C=C\C/C=C\C/C=C\CC)OC(=O)CCCCCCC/C=C\C/C=C\C/C=C\CC. The molecule has 1 unspecified atom stereocenters. The zero-order chi connectivity index (χ0) is 48.6. The smallest absolute Gasteiger partial charge is 0.306 e. The van der Waals surface area contributed by atoms with Gasteiger partial charge in [-0.1, -0.05) is 199 Å². The van der Waals surface area contributed by atoms with Crippen LogP contribution in [0.25, 0.3) is 0 Å². The van der Waals surface area contributed by atoms with Crippen molar-refractivity contribution in [2.75, 3.05) is 13.2 Å². The fourth-order valence-corrected chi connectivity index (χ4v) is 6.73. The zero-order valence-corrected chi connectivity index (χ0v) is 42.9. The van der Waals surface area contributed by atoms with Crippen LogP contribution in [0.15, 0.2) is 134 Å². The molecule has 0 spiro atoms. The maximum Gasteiger partial charge on any atom is 0.306 e. The van der Waals surface area contributed by atoms with Crippen molar-refractivity contribution >= 4 is 17.9 Å². The highest BCUT2D eigenvalue weighted by atomic mass is 16.6. The van der Waals surface area contributed by atoms with Crippen molar-refractivity contribution in [3.8, 4) is 0 Å². The number of carbonyl (C=O) groups excluding carboxylic acids is 3. The van der Waals surface area contributed by atoms with E-state index < -0.39 is 6.10 Å². The Morgan fingerprint density at radius 3 is 0.851 bits per heavy atom. The molecule has 0 saturated heterocycles. The predicted molar refractivity (Wildman–Crippen MR) is 288 cm³/mol. The molecular formula is C61H96O6. The van der Waals surface area contributed by atoms with Crippen molar-refractivity contribution in [3.05, 3.63) is 134 Å². The van der Waals surface area contributed by atoms with Crippen LogP contribution >= 0.6 is 0 Å². The van der Waals surface area contributed by atoms with Gasteiger partial charge in [0.2, 0.25) is 0 Å². The molecular weight excluding hydrogens is 829 g/mol. The van der Waals surface area contributed by atoms with E-state index in [0.29, 0.717) is 19.3 Å². The standard InChI is InChI=1S/C61H96O6/c1-4-7-10-13-16-19-22-25-28-29-30-31-34-36-39-42-45-48-51-54-60(63)66-57-58(67-61(64)55-52-49-46-43-40-37-33-27-24-21-18-15-12-9-6-3)56-65-59(62)53-50-47-44-41-38-35-32-26-23-20-17-14-11-8-5-2/h7-12,16-21,25-28,30-33,36,39,58H,4-6,13-15,22-24,29,34-35,37-38,40-57H2,1-3H3/b10-7-,11-8-,12-9-,19-16-,20-17-,21-18-,28-25-,31-30-,32-26-,33-27-,39-36-. The van der Waals surface area contributed by atoms with Crippen molar-refractivity contribution in [2.45, 2.75) is 219 Å². The molecule has 67 heavy (non-hydrogen) atoms. The summed E-state index contributed by atoms with van der Waals surface area (Å²) < 4.78 is 16.8. The lowest BCUT2D eigenvalue weighted by Crippen LogP contribution is -2.30. The first-order chi connectivity index (χ1) is 33.0. The highest BCUT2D eigenvalue weighted by Gasteiger charge is 2.19. The second kappa shape index (κ2) is 54.2. The van der Waals surface area contributed by atoms with Crippen LogP contribution in [0, 0.1) is 0 Å². The summed E-state index contributed by atoms with van der Waals surface area (Å²) in [6.07, 6.45) is 75.7.